The van der Waals surface area contributed by atoms with E-state index in [9.17, 15) is 0 Å². The second-order valence-electron chi connectivity index (χ2n) is 3.85. The van der Waals surface area contributed by atoms with Gasteiger partial charge >= 0.3 is 0 Å². The Morgan fingerprint density at radius 3 is 2.69 bits per heavy atom. The van der Waals surface area contributed by atoms with Crippen molar-refractivity contribution < 1.29 is 0 Å². The molecule has 0 atom stereocenters. The molecule has 0 fully saturated rings. The summed E-state index contributed by atoms with van der Waals surface area (Å²) < 4.78 is 0. The Bertz CT molecular complexity index is 498. The molecule has 0 aromatic heterocycles. The first-order valence-corrected chi connectivity index (χ1v) is 9.86. The fourth-order valence-corrected chi connectivity index (χ4v) is 2.75. The van der Waals surface area contributed by atoms with Crippen molar-refractivity contribution in [3.05, 3.63) is 54.1 Å². The van der Waals surface area contributed by atoms with E-state index in [-0.39, 0.29) is 7.42 Å². The van der Waals surface area contributed by atoms with E-state index in [1.54, 1.807) is 0 Å². The van der Waals surface area contributed by atoms with Gasteiger partial charge in [0.2, 0.25) is 0 Å². The molecule has 0 unspecified atom stereocenters. The van der Waals surface area contributed by atoms with Gasteiger partial charge in [0.1, 0.15) is 7.42 Å². The highest BCUT2D eigenvalue weighted by Crippen LogP contribution is 2.20. The molecular weight excluding hydrogens is 276 g/mol. The highest BCUT2D eigenvalue weighted by molar-refractivity contribution is 9.24. The molecule has 0 saturated carbocycles. The first-order chi connectivity index (χ1) is 7.77. The first kappa shape index (κ1) is 11.6. The van der Waals surface area contributed by atoms with Crippen LogP contribution in [0.5, 0.6) is 0 Å². The van der Waals surface area contributed by atoms with E-state index in [0.29, 0.717) is 0 Å². The molecule has 0 bridgehead atoms. The van der Waals surface area contributed by atoms with Crippen molar-refractivity contribution in [1.29, 1.82) is 0 Å². The molecule has 2 aromatic rings. The Morgan fingerprint density at radius 2 is 1.88 bits per heavy atom. The maximum atomic E-state index is 3.65. The molecule has 0 N–H and O–H groups in total. The number of rotatable bonds is 3. The minimum Gasteiger partial charge on any atom is -0.129 e. The minimum absolute atomic E-state index is 0.331. The third-order valence-corrected chi connectivity index (χ3v) is 4.29. The molecule has 0 nitrogen and oxygen atoms in total. The van der Waals surface area contributed by atoms with Crippen LogP contribution in [-0.4, -0.2) is 7.42 Å². The number of allylic oxidation sites excluding steroid dienone is 1. The molecule has 0 aliphatic carbocycles. The van der Waals surface area contributed by atoms with E-state index in [1.807, 2.05) is 0 Å². The molecule has 0 saturated heterocycles. The lowest BCUT2D eigenvalue weighted by Gasteiger charge is -2.01. The number of fused-ring (bicyclic) bond motifs is 1. The normalized spacial score (nSPS) is 11.7. The van der Waals surface area contributed by atoms with Gasteiger partial charge in [-0.1, -0.05) is 61.2 Å². The van der Waals surface area contributed by atoms with Gasteiger partial charge in [0.25, 0.3) is 0 Å². The molecule has 2 aromatic carbocycles. The summed E-state index contributed by atoms with van der Waals surface area (Å²) in [6.07, 6.45) is 4.50. The van der Waals surface area contributed by atoms with Crippen LogP contribution in [0.2, 0.25) is 12.6 Å². The zero-order valence-corrected chi connectivity index (χ0v) is 11.9. The Labute approximate surface area is 106 Å². The standard InChI is InChI=1S/C14H14BrSi/c1-16(15)11-5-9-13-8-4-7-12-6-2-3-10-14(12)13/h2-10H,11H2,1H3. The molecule has 16 heavy (non-hydrogen) atoms. The van der Waals surface area contributed by atoms with Gasteiger partial charge in [0.15, 0.2) is 0 Å². The monoisotopic (exact) mass is 289 g/mol. The van der Waals surface area contributed by atoms with Gasteiger partial charge in [-0.25, -0.2) is 0 Å². The Balaban J connectivity index is 2.34. The highest BCUT2D eigenvalue weighted by atomic mass is 79.9. The quantitative estimate of drug-likeness (QED) is 0.559. The molecule has 2 heteroatoms. The third kappa shape index (κ3) is 2.83. The van der Waals surface area contributed by atoms with Crippen LogP contribution < -0.4 is 0 Å². The predicted octanol–water partition coefficient (Wildman–Crippen LogP) is 4.87. The van der Waals surface area contributed by atoms with Gasteiger partial charge in [-0.3, -0.25) is 0 Å². The Kier molecular flexibility index (Phi) is 3.96. The summed E-state index contributed by atoms with van der Waals surface area (Å²) in [6, 6.07) is 16.1. The van der Waals surface area contributed by atoms with E-state index < -0.39 is 0 Å². The first-order valence-electron chi connectivity index (χ1n) is 5.39. The summed E-state index contributed by atoms with van der Waals surface area (Å²) in [7, 11) is -0.331. The average molecular weight is 290 g/mol. The topological polar surface area (TPSA) is 0 Å². The van der Waals surface area contributed by atoms with Crippen LogP contribution in [0.25, 0.3) is 16.8 Å². The van der Waals surface area contributed by atoms with Gasteiger partial charge in [-0.05, 0) is 22.4 Å². The Hall–Kier alpha value is -0.863. The van der Waals surface area contributed by atoms with Gasteiger partial charge < -0.3 is 0 Å². The zero-order valence-electron chi connectivity index (χ0n) is 9.28. The maximum Gasteiger partial charge on any atom is 0.136 e. The fraction of sp³-hybridized carbons (Fsp3) is 0.143. The second kappa shape index (κ2) is 5.46. The van der Waals surface area contributed by atoms with Crippen LogP contribution in [0.3, 0.4) is 0 Å². The summed E-state index contributed by atoms with van der Waals surface area (Å²) in [5.74, 6) is 0. The second-order valence-corrected chi connectivity index (χ2v) is 9.67. The molecule has 0 aliphatic rings. The van der Waals surface area contributed by atoms with Gasteiger partial charge in [0, 0.05) is 0 Å². The number of hydrogen-bond donors (Lipinski definition) is 0. The number of benzene rings is 2. The zero-order chi connectivity index (χ0) is 11.4. The van der Waals surface area contributed by atoms with Crippen LogP contribution in [0.1, 0.15) is 5.56 Å². The third-order valence-electron chi connectivity index (χ3n) is 2.52. The Morgan fingerprint density at radius 1 is 1.12 bits per heavy atom. The number of hydrogen-bond acceptors (Lipinski definition) is 0. The molecular formula is C14H14BrSi. The van der Waals surface area contributed by atoms with Crippen molar-refractivity contribution in [3.63, 3.8) is 0 Å². The highest BCUT2D eigenvalue weighted by Gasteiger charge is 1.97. The summed E-state index contributed by atoms with van der Waals surface area (Å²) >= 11 is 3.65. The summed E-state index contributed by atoms with van der Waals surface area (Å²) in [4.78, 5) is 0. The molecule has 0 aliphatic heterocycles. The minimum atomic E-state index is -0.331. The van der Waals surface area contributed by atoms with Crippen LogP contribution in [0.4, 0.5) is 0 Å². The smallest absolute Gasteiger partial charge is 0.129 e. The lowest BCUT2D eigenvalue weighted by molar-refractivity contribution is 1.66. The van der Waals surface area contributed by atoms with Crippen molar-refractivity contribution in [2.75, 3.05) is 0 Å². The van der Waals surface area contributed by atoms with Crippen LogP contribution in [-0.2, 0) is 0 Å². The van der Waals surface area contributed by atoms with Crippen LogP contribution in [0, 0.1) is 0 Å². The lowest BCUT2D eigenvalue weighted by Crippen LogP contribution is -1.89. The maximum absolute atomic E-state index is 3.65. The SMILES string of the molecule is C[Si](Br)CC=Cc1cccc2ccccc12. The lowest BCUT2D eigenvalue weighted by atomic mass is 10.0. The summed E-state index contributed by atoms with van der Waals surface area (Å²) in [5.41, 5.74) is 1.31. The van der Waals surface area contributed by atoms with Gasteiger partial charge in [0.05, 0.1) is 0 Å². The van der Waals surface area contributed by atoms with Crippen molar-refractivity contribution >= 4 is 39.6 Å². The fourth-order valence-electron chi connectivity index (χ4n) is 1.74. The molecule has 0 heterocycles. The molecule has 2 rings (SSSR count). The van der Waals surface area contributed by atoms with Crippen LogP contribution in [0.15, 0.2) is 48.5 Å². The van der Waals surface area contributed by atoms with Crippen molar-refractivity contribution in [2.45, 2.75) is 12.6 Å². The van der Waals surface area contributed by atoms with E-state index >= 15 is 0 Å². The van der Waals surface area contributed by atoms with Gasteiger partial charge in [-0.15, -0.1) is 15.3 Å². The largest absolute Gasteiger partial charge is 0.136 e. The van der Waals surface area contributed by atoms with E-state index in [1.165, 1.54) is 16.3 Å². The van der Waals surface area contributed by atoms with Gasteiger partial charge in [-0.2, -0.15) is 0 Å². The predicted molar refractivity (Wildman–Crippen MR) is 78.3 cm³/mol. The van der Waals surface area contributed by atoms with E-state index in [4.69, 9.17) is 0 Å². The van der Waals surface area contributed by atoms with Crippen molar-refractivity contribution in [2.24, 2.45) is 0 Å². The molecule has 1 radical (unpaired) electrons. The molecule has 81 valence electrons. The van der Waals surface area contributed by atoms with Crippen molar-refractivity contribution in [1.82, 2.24) is 0 Å². The van der Waals surface area contributed by atoms with Crippen molar-refractivity contribution in [3.8, 4) is 0 Å². The van der Waals surface area contributed by atoms with Crippen LogP contribution >= 0.6 is 15.3 Å². The summed E-state index contributed by atoms with van der Waals surface area (Å²) in [5, 5.41) is 2.64. The van der Waals surface area contributed by atoms with E-state index in [2.05, 4.69) is 76.5 Å². The molecule has 0 spiro atoms. The summed E-state index contributed by atoms with van der Waals surface area (Å²) in [6.45, 7) is 2.26. The van der Waals surface area contributed by atoms with E-state index in [0.717, 1.165) is 6.04 Å². The number of halogens is 1. The average Bonchev–Trinajstić information content (AvgIpc) is 2.29. The molecule has 0 amide bonds.